The van der Waals surface area contributed by atoms with Crippen LogP contribution in [-0.4, -0.2) is 47.1 Å². The molecule has 1 aromatic rings. The van der Waals surface area contributed by atoms with Gasteiger partial charge in [-0.2, -0.15) is 0 Å². The lowest BCUT2D eigenvalue weighted by Gasteiger charge is -2.05. The van der Waals surface area contributed by atoms with Gasteiger partial charge >= 0.3 is 7.12 Å². The van der Waals surface area contributed by atoms with E-state index in [2.05, 4.69) is 15.6 Å². The normalized spacial score (nSPS) is 9.72. The Morgan fingerprint density at radius 2 is 1.94 bits per heavy atom. The van der Waals surface area contributed by atoms with E-state index in [1.807, 2.05) is 0 Å². The lowest BCUT2D eigenvalue weighted by atomic mass is 9.82. The molecule has 0 aromatic carbocycles. The number of nitrogens with zero attached hydrogens (tertiary/aromatic N) is 1. The van der Waals surface area contributed by atoms with Gasteiger partial charge in [0.1, 0.15) is 5.69 Å². The first-order chi connectivity index (χ1) is 8.50. The highest BCUT2D eigenvalue weighted by molar-refractivity contribution is 6.58. The second-order valence-electron chi connectivity index (χ2n) is 3.59. The first-order valence-corrected chi connectivity index (χ1v) is 5.35. The summed E-state index contributed by atoms with van der Waals surface area (Å²) in [5.74, 6) is -0.553. The smallest absolute Gasteiger partial charge is 0.423 e. The Labute approximate surface area is 104 Å². The molecule has 0 aliphatic carbocycles. The van der Waals surface area contributed by atoms with Gasteiger partial charge in [0.25, 0.3) is 5.91 Å². The molecule has 2 amide bonds. The Balaban J connectivity index is 2.44. The topological polar surface area (TPSA) is 112 Å². The molecule has 0 spiro atoms. The number of carbonyl (C=O) groups is 2. The lowest BCUT2D eigenvalue weighted by molar-refractivity contribution is -0.118. The summed E-state index contributed by atoms with van der Waals surface area (Å²) in [4.78, 5) is 25.9. The minimum Gasteiger partial charge on any atom is -0.423 e. The SMILES string of the molecule is CC(=O)NCCNC(=O)c1ccc(B(O)O)cn1. The van der Waals surface area contributed by atoms with Gasteiger partial charge in [0, 0.05) is 31.7 Å². The number of amides is 2. The van der Waals surface area contributed by atoms with E-state index < -0.39 is 7.12 Å². The number of rotatable bonds is 5. The van der Waals surface area contributed by atoms with Crippen LogP contribution in [0.1, 0.15) is 17.4 Å². The summed E-state index contributed by atoms with van der Waals surface area (Å²) in [6.45, 7) is 2.03. The molecule has 0 unspecified atom stereocenters. The fourth-order valence-corrected chi connectivity index (χ4v) is 1.20. The monoisotopic (exact) mass is 251 g/mol. The average molecular weight is 251 g/mol. The van der Waals surface area contributed by atoms with Crippen LogP contribution in [0.5, 0.6) is 0 Å². The van der Waals surface area contributed by atoms with Crippen LogP contribution in [0.3, 0.4) is 0 Å². The molecular formula is C10H14BN3O4. The predicted octanol–water partition coefficient (Wildman–Crippen LogP) is -2.37. The van der Waals surface area contributed by atoms with Gasteiger partial charge in [0.2, 0.25) is 5.91 Å². The molecule has 0 aliphatic heterocycles. The van der Waals surface area contributed by atoms with Crippen LogP contribution in [-0.2, 0) is 4.79 Å². The van der Waals surface area contributed by atoms with Crippen LogP contribution >= 0.6 is 0 Å². The van der Waals surface area contributed by atoms with E-state index in [9.17, 15) is 9.59 Å². The van der Waals surface area contributed by atoms with Crippen LogP contribution in [0.2, 0.25) is 0 Å². The first-order valence-electron chi connectivity index (χ1n) is 5.35. The zero-order valence-electron chi connectivity index (χ0n) is 9.88. The van der Waals surface area contributed by atoms with E-state index >= 15 is 0 Å². The van der Waals surface area contributed by atoms with Crippen molar-refractivity contribution in [2.75, 3.05) is 13.1 Å². The number of hydrogen-bond acceptors (Lipinski definition) is 5. The molecule has 1 heterocycles. The van der Waals surface area contributed by atoms with Gasteiger partial charge < -0.3 is 20.7 Å². The molecule has 1 rings (SSSR count). The fourth-order valence-electron chi connectivity index (χ4n) is 1.20. The average Bonchev–Trinajstić information content (AvgIpc) is 2.34. The molecule has 1 aromatic heterocycles. The maximum Gasteiger partial charge on any atom is 0.490 e. The molecule has 0 fully saturated rings. The molecule has 8 heteroatoms. The molecule has 0 bridgehead atoms. The van der Waals surface area contributed by atoms with Crippen molar-refractivity contribution in [1.29, 1.82) is 0 Å². The number of hydrogen-bond donors (Lipinski definition) is 4. The fraction of sp³-hybridized carbons (Fsp3) is 0.300. The lowest BCUT2D eigenvalue weighted by Crippen LogP contribution is -2.35. The Hall–Kier alpha value is -1.93. The van der Waals surface area contributed by atoms with Gasteiger partial charge in [-0.15, -0.1) is 0 Å². The number of carbonyl (C=O) groups excluding carboxylic acids is 2. The summed E-state index contributed by atoms with van der Waals surface area (Å²) < 4.78 is 0. The zero-order chi connectivity index (χ0) is 13.5. The van der Waals surface area contributed by atoms with E-state index in [0.717, 1.165) is 0 Å². The van der Waals surface area contributed by atoms with Crippen molar-refractivity contribution < 1.29 is 19.6 Å². The third kappa shape index (κ3) is 4.52. The molecule has 0 radical (unpaired) electrons. The van der Waals surface area contributed by atoms with Crippen molar-refractivity contribution in [3.63, 3.8) is 0 Å². The number of pyridine rings is 1. The van der Waals surface area contributed by atoms with Gasteiger partial charge in [-0.1, -0.05) is 6.07 Å². The highest BCUT2D eigenvalue weighted by atomic mass is 16.4. The maximum absolute atomic E-state index is 11.6. The molecular weight excluding hydrogens is 237 g/mol. The van der Waals surface area contributed by atoms with Gasteiger partial charge in [0.15, 0.2) is 0 Å². The van der Waals surface area contributed by atoms with E-state index in [-0.39, 0.29) is 23.0 Å². The van der Waals surface area contributed by atoms with Gasteiger partial charge in [0.05, 0.1) is 0 Å². The number of aromatic nitrogens is 1. The van der Waals surface area contributed by atoms with Crippen molar-refractivity contribution >= 4 is 24.4 Å². The van der Waals surface area contributed by atoms with E-state index in [1.54, 1.807) is 0 Å². The third-order valence-corrected chi connectivity index (χ3v) is 2.10. The second kappa shape index (κ2) is 6.72. The summed E-state index contributed by atoms with van der Waals surface area (Å²) in [6.07, 6.45) is 1.22. The van der Waals surface area contributed by atoms with Crippen LogP contribution < -0.4 is 16.1 Å². The minimum atomic E-state index is -1.60. The van der Waals surface area contributed by atoms with E-state index in [4.69, 9.17) is 10.0 Å². The Morgan fingerprint density at radius 3 is 2.44 bits per heavy atom. The van der Waals surface area contributed by atoms with Crippen LogP contribution in [0.25, 0.3) is 0 Å². The highest BCUT2D eigenvalue weighted by Crippen LogP contribution is 1.91. The molecule has 4 N–H and O–H groups in total. The molecule has 0 aliphatic rings. The molecule has 0 atom stereocenters. The van der Waals surface area contributed by atoms with Crippen LogP contribution in [0.4, 0.5) is 0 Å². The van der Waals surface area contributed by atoms with E-state index in [0.29, 0.717) is 13.1 Å². The summed E-state index contributed by atoms with van der Waals surface area (Å²) in [6, 6.07) is 2.79. The van der Waals surface area contributed by atoms with Crippen LogP contribution in [0, 0.1) is 0 Å². The maximum atomic E-state index is 11.6. The van der Waals surface area contributed by atoms with Crippen molar-refractivity contribution in [3.05, 3.63) is 24.0 Å². The Kier molecular flexibility index (Phi) is 5.28. The van der Waals surface area contributed by atoms with Gasteiger partial charge in [-0.05, 0) is 6.07 Å². The molecule has 18 heavy (non-hydrogen) atoms. The van der Waals surface area contributed by atoms with Crippen molar-refractivity contribution in [2.24, 2.45) is 0 Å². The minimum absolute atomic E-state index is 0.163. The largest absolute Gasteiger partial charge is 0.490 e. The molecule has 7 nitrogen and oxygen atoms in total. The molecule has 0 saturated heterocycles. The van der Waals surface area contributed by atoms with E-state index in [1.165, 1.54) is 25.3 Å². The summed E-state index contributed by atoms with van der Waals surface area (Å²) in [7, 11) is -1.60. The zero-order valence-corrected chi connectivity index (χ0v) is 9.88. The van der Waals surface area contributed by atoms with Crippen molar-refractivity contribution in [3.8, 4) is 0 Å². The first kappa shape index (κ1) is 14.1. The van der Waals surface area contributed by atoms with Crippen LogP contribution in [0.15, 0.2) is 18.3 Å². The third-order valence-electron chi connectivity index (χ3n) is 2.10. The molecule has 0 saturated carbocycles. The summed E-state index contributed by atoms with van der Waals surface area (Å²) in [5, 5.41) is 22.8. The molecule has 96 valence electrons. The predicted molar refractivity (Wildman–Crippen MR) is 65.1 cm³/mol. The second-order valence-corrected chi connectivity index (χ2v) is 3.59. The highest BCUT2D eigenvalue weighted by Gasteiger charge is 2.12. The Morgan fingerprint density at radius 1 is 1.28 bits per heavy atom. The number of nitrogens with one attached hydrogen (secondary N) is 2. The Bertz CT molecular complexity index is 422. The van der Waals surface area contributed by atoms with Crippen molar-refractivity contribution in [1.82, 2.24) is 15.6 Å². The van der Waals surface area contributed by atoms with Crippen molar-refractivity contribution in [2.45, 2.75) is 6.92 Å². The van der Waals surface area contributed by atoms with Gasteiger partial charge in [-0.25, -0.2) is 0 Å². The van der Waals surface area contributed by atoms with Gasteiger partial charge in [-0.3, -0.25) is 14.6 Å². The quantitative estimate of drug-likeness (QED) is 0.345. The summed E-state index contributed by atoms with van der Waals surface area (Å²) >= 11 is 0. The summed E-state index contributed by atoms with van der Waals surface area (Å²) in [5.41, 5.74) is 0.382. The standard InChI is InChI=1S/C10H14BN3O4/c1-7(15)12-4-5-13-10(16)9-3-2-8(6-14-9)11(17)18/h2-3,6,17-18H,4-5H2,1H3,(H,12,15)(H,13,16).